The number of hydrogen-bond donors (Lipinski definition) is 1. The minimum Gasteiger partial charge on any atom is -0.321 e. The number of hydrazone groups is 1. The lowest BCUT2D eigenvalue weighted by atomic mass is 10.1. The third-order valence-corrected chi connectivity index (χ3v) is 3.85. The van der Waals surface area contributed by atoms with E-state index in [9.17, 15) is 9.59 Å². The molecular weight excluding hydrogens is 302 g/mol. The molecule has 0 aromatic heterocycles. The summed E-state index contributed by atoms with van der Waals surface area (Å²) in [5.41, 5.74) is 3.92. The van der Waals surface area contributed by atoms with Gasteiger partial charge in [-0.05, 0) is 43.7 Å². The molecule has 2 aromatic carbocycles. The fourth-order valence-electron chi connectivity index (χ4n) is 2.53. The maximum Gasteiger partial charge on any atom is 0.271 e. The second-order valence-corrected chi connectivity index (χ2v) is 5.91. The van der Waals surface area contributed by atoms with Gasteiger partial charge in [-0.2, -0.15) is 5.10 Å². The van der Waals surface area contributed by atoms with E-state index in [0.29, 0.717) is 17.8 Å². The van der Waals surface area contributed by atoms with Crippen molar-refractivity contribution in [2.75, 3.05) is 10.3 Å². The highest BCUT2D eigenvalue weighted by atomic mass is 16.2. The van der Waals surface area contributed by atoms with E-state index in [0.717, 1.165) is 16.8 Å². The largest absolute Gasteiger partial charge is 0.321 e. The number of hydrogen-bond acceptors (Lipinski definition) is 3. The van der Waals surface area contributed by atoms with E-state index >= 15 is 0 Å². The van der Waals surface area contributed by atoms with E-state index in [1.165, 1.54) is 5.01 Å². The van der Waals surface area contributed by atoms with Crippen molar-refractivity contribution in [3.8, 4) is 0 Å². The summed E-state index contributed by atoms with van der Waals surface area (Å²) < 4.78 is 0. The van der Waals surface area contributed by atoms with Gasteiger partial charge in [0.15, 0.2) is 0 Å². The van der Waals surface area contributed by atoms with Crippen LogP contribution in [0.5, 0.6) is 0 Å². The van der Waals surface area contributed by atoms with Gasteiger partial charge in [-0.1, -0.05) is 29.8 Å². The summed E-state index contributed by atoms with van der Waals surface area (Å²) in [5, 5.41) is 8.42. The second-order valence-electron chi connectivity index (χ2n) is 5.91. The van der Waals surface area contributed by atoms with Crippen LogP contribution >= 0.6 is 0 Å². The van der Waals surface area contributed by atoms with Crippen molar-refractivity contribution in [1.29, 1.82) is 0 Å². The van der Waals surface area contributed by atoms with Crippen LogP contribution in [0.2, 0.25) is 0 Å². The third kappa shape index (κ3) is 3.51. The highest BCUT2D eigenvalue weighted by molar-refractivity contribution is 6.44. The van der Waals surface area contributed by atoms with Crippen LogP contribution in [0.1, 0.15) is 24.0 Å². The van der Waals surface area contributed by atoms with Crippen molar-refractivity contribution < 1.29 is 9.59 Å². The Morgan fingerprint density at radius 2 is 1.79 bits per heavy atom. The van der Waals surface area contributed by atoms with Gasteiger partial charge in [0.2, 0.25) is 5.91 Å². The van der Waals surface area contributed by atoms with Crippen molar-refractivity contribution >= 4 is 28.9 Å². The molecule has 0 aliphatic carbocycles. The smallest absolute Gasteiger partial charge is 0.271 e. The number of aryl methyl sites for hydroxylation is 2. The van der Waals surface area contributed by atoms with Crippen molar-refractivity contribution in [2.45, 2.75) is 26.7 Å². The van der Waals surface area contributed by atoms with Gasteiger partial charge in [0.05, 0.1) is 5.69 Å². The zero-order chi connectivity index (χ0) is 17.1. The number of nitrogens with zero attached hydrogens (tertiary/aromatic N) is 2. The number of rotatable bonds is 3. The standard InChI is InChI=1S/C19H19N3O2/c1-13-6-8-16(9-7-13)22-18(23)11-10-17(21-22)19(24)20-15-5-3-4-14(2)12-15/h3-9,12H,10-11H2,1-2H3,(H,20,24). The van der Waals surface area contributed by atoms with Gasteiger partial charge in [0.1, 0.15) is 5.71 Å². The van der Waals surface area contributed by atoms with Gasteiger partial charge >= 0.3 is 0 Å². The molecule has 1 aliphatic heterocycles. The van der Waals surface area contributed by atoms with Crippen molar-refractivity contribution in [2.24, 2.45) is 5.10 Å². The lowest BCUT2D eigenvalue weighted by Gasteiger charge is -2.23. The Morgan fingerprint density at radius 3 is 2.50 bits per heavy atom. The average Bonchev–Trinajstić information content (AvgIpc) is 2.56. The Balaban J connectivity index is 1.82. The van der Waals surface area contributed by atoms with Gasteiger partial charge in [-0.25, -0.2) is 5.01 Å². The number of carbonyl (C=O) groups is 2. The Morgan fingerprint density at radius 1 is 1.04 bits per heavy atom. The number of benzene rings is 2. The molecule has 0 radical (unpaired) electrons. The van der Waals surface area contributed by atoms with Crippen LogP contribution < -0.4 is 10.3 Å². The molecule has 0 atom stereocenters. The normalized spacial score (nSPS) is 14.3. The van der Waals surface area contributed by atoms with Crippen LogP contribution in [0, 0.1) is 13.8 Å². The summed E-state index contributed by atoms with van der Waals surface area (Å²) in [5.74, 6) is -0.379. The summed E-state index contributed by atoms with van der Waals surface area (Å²) >= 11 is 0. The molecule has 5 heteroatoms. The first-order valence-corrected chi connectivity index (χ1v) is 7.88. The lowest BCUT2D eigenvalue weighted by Crippen LogP contribution is -2.36. The summed E-state index contributed by atoms with van der Waals surface area (Å²) in [4.78, 5) is 24.6. The molecule has 0 unspecified atom stereocenters. The Labute approximate surface area is 141 Å². The molecule has 1 heterocycles. The second kappa shape index (κ2) is 6.66. The first kappa shape index (κ1) is 15.9. The van der Waals surface area contributed by atoms with Crippen LogP contribution in [0.4, 0.5) is 11.4 Å². The predicted molar refractivity (Wildman–Crippen MR) is 95.1 cm³/mol. The molecule has 0 spiro atoms. The van der Waals surface area contributed by atoms with Crippen LogP contribution in [0.15, 0.2) is 53.6 Å². The van der Waals surface area contributed by atoms with Crippen molar-refractivity contribution in [3.63, 3.8) is 0 Å². The van der Waals surface area contributed by atoms with E-state index in [2.05, 4.69) is 10.4 Å². The number of amides is 2. The van der Waals surface area contributed by atoms with Gasteiger partial charge in [-0.3, -0.25) is 9.59 Å². The monoisotopic (exact) mass is 321 g/mol. The molecule has 5 nitrogen and oxygen atoms in total. The molecule has 2 amide bonds. The van der Waals surface area contributed by atoms with Crippen molar-refractivity contribution in [3.05, 3.63) is 59.7 Å². The van der Waals surface area contributed by atoms with E-state index in [4.69, 9.17) is 0 Å². The predicted octanol–water partition coefficient (Wildman–Crippen LogP) is 3.42. The molecule has 0 bridgehead atoms. The van der Waals surface area contributed by atoms with E-state index in [-0.39, 0.29) is 18.2 Å². The van der Waals surface area contributed by atoms with Crippen LogP contribution in [-0.2, 0) is 9.59 Å². The van der Waals surface area contributed by atoms with Gasteiger partial charge < -0.3 is 5.32 Å². The highest BCUT2D eigenvalue weighted by Gasteiger charge is 2.25. The molecule has 2 aromatic rings. The fraction of sp³-hybridized carbons (Fsp3) is 0.211. The topological polar surface area (TPSA) is 61.8 Å². The molecule has 24 heavy (non-hydrogen) atoms. The Bertz CT molecular complexity index is 810. The summed E-state index contributed by atoms with van der Waals surface area (Å²) in [6, 6.07) is 15.1. The minimum absolute atomic E-state index is 0.106. The zero-order valence-corrected chi connectivity index (χ0v) is 13.7. The minimum atomic E-state index is -0.273. The molecule has 1 aliphatic rings. The van der Waals surface area contributed by atoms with Crippen LogP contribution in [0.3, 0.4) is 0 Å². The SMILES string of the molecule is Cc1ccc(N2N=C(C(=O)Nc3cccc(C)c3)CCC2=O)cc1. The quantitative estimate of drug-likeness (QED) is 0.941. The Hall–Kier alpha value is -2.95. The van der Waals surface area contributed by atoms with Crippen LogP contribution in [0.25, 0.3) is 0 Å². The molecule has 1 N–H and O–H groups in total. The average molecular weight is 321 g/mol. The highest BCUT2D eigenvalue weighted by Crippen LogP contribution is 2.21. The number of carbonyl (C=O) groups excluding carboxylic acids is 2. The number of anilines is 2. The molecule has 0 saturated heterocycles. The molecular formula is C19H19N3O2. The molecule has 3 rings (SSSR count). The first-order valence-electron chi connectivity index (χ1n) is 7.88. The van der Waals surface area contributed by atoms with Gasteiger partial charge in [-0.15, -0.1) is 0 Å². The van der Waals surface area contributed by atoms with E-state index in [1.807, 2.05) is 62.4 Å². The van der Waals surface area contributed by atoms with Gasteiger partial charge in [0.25, 0.3) is 5.91 Å². The summed E-state index contributed by atoms with van der Waals surface area (Å²) in [7, 11) is 0. The summed E-state index contributed by atoms with van der Waals surface area (Å²) in [6.45, 7) is 3.94. The fourth-order valence-corrected chi connectivity index (χ4v) is 2.53. The van der Waals surface area contributed by atoms with Gasteiger partial charge in [0, 0.05) is 18.5 Å². The molecule has 122 valence electrons. The first-order chi connectivity index (χ1) is 11.5. The van der Waals surface area contributed by atoms with Crippen molar-refractivity contribution in [1.82, 2.24) is 0 Å². The third-order valence-electron chi connectivity index (χ3n) is 3.85. The zero-order valence-electron chi connectivity index (χ0n) is 13.7. The summed E-state index contributed by atoms with van der Waals surface area (Å²) in [6.07, 6.45) is 0.618. The Kier molecular flexibility index (Phi) is 4.42. The van der Waals surface area contributed by atoms with E-state index < -0.39 is 0 Å². The lowest BCUT2D eigenvalue weighted by molar-refractivity contribution is -0.118. The number of nitrogens with one attached hydrogen (secondary N) is 1. The van der Waals surface area contributed by atoms with E-state index in [1.54, 1.807) is 0 Å². The maximum atomic E-state index is 12.4. The molecule has 0 saturated carbocycles. The molecule has 0 fully saturated rings. The van der Waals surface area contributed by atoms with Crippen LogP contribution in [-0.4, -0.2) is 17.5 Å². The maximum absolute atomic E-state index is 12.4.